The maximum Gasteiger partial charge on any atom is 0.297 e. The average Bonchev–Trinajstić information content (AvgIpc) is 2.71. The monoisotopic (exact) mass is 301 g/mol. The van der Waals surface area contributed by atoms with E-state index in [1.54, 1.807) is 6.26 Å². The van der Waals surface area contributed by atoms with Crippen LogP contribution in [0.25, 0.3) is 0 Å². The van der Waals surface area contributed by atoms with Crippen molar-refractivity contribution >= 4 is 15.9 Å². The molecule has 2 heterocycles. The smallest absolute Gasteiger partial charge is 0.297 e. The third-order valence-corrected chi connectivity index (χ3v) is 4.88. The number of aromatic nitrogens is 1. The van der Waals surface area contributed by atoms with Crippen LogP contribution >= 0.6 is 0 Å². The van der Waals surface area contributed by atoms with Crippen LogP contribution in [0.2, 0.25) is 0 Å². The van der Waals surface area contributed by atoms with Crippen molar-refractivity contribution in [1.82, 2.24) is 10.3 Å². The Balaban J connectivity index is 1.98. The zero-order valence-corrected chi connectivity index (χ0v) is 13.2. The minimum Gasteiger partial charge on any atom is -0.432 e. The molecule has 1 aliphatic rings. The lowest BCUT2D eigenvalue weighted by Crippen LogP contribution is -2.35. The fourth-order valence-electron chi connectivity index (χ4n) is 2.01. The molecule has 1 aromatic rings. The van der Waals surface area contributed by atoms with Crippen LogP contribution in [-0.4, -0.2) is 43.5 Å². The first-order chi connectivity index (χ1) is 9.25. The number of hydrogen-bond donors (Lipinski definition) is 1. The van der Waals surface area contributed by atoms with E-state index in [9.17, 15) is 8.42 Å². The Morgan fingerprint density at radius 2 is 2.10 bits per heavy atom. The van der Waals surface area contributed by atoms with Gasteiger partial charge in [-0.3, -0.25) is 0 Å². The third kappa shape index (κ3) is 4.49. The van der Waals surface area contributed by atoms with Crippen LogP contribution in [0.3, 0.4) is 0 Å². The predicted molar refractivity (Wildman–Crippen MR) is 78.6 cm³/mol. The van der Waals surface area contributed by atoms with Gasteiger partial charge in [-0.15, -0.1) is 0 Å². The standard InChI is InChI=1S/C13H23N3O3S/c1-13(2,3)14-9-11-10-19-12(15-11)16-5-4-7-20(17,18)8-6-16/h10,14H,4-9H2,1-3H3. The van der Waals surface area contributed by atoms with Crippen molar-refractivity contribution < 1.29 is 12.8 Å². The first-order valence-corrected chi connectivity index (χ1v) is 8.72. The van der Waals surface area contributed by atoms with E-state index >= 15 is 0 Å². The van der Waals surface area contributed by atoms with Crippen molar-refractivity contribution in [3.63, 3.8) is 0 Å². The van der Waals surface area contributed by atoms with E-state index < -0.39 is 9.84 Å². The number of anilines is 1. The van der Waals surface area contributed by atoms with E-state index in [1.165, 1.54) is 0 Å². The van der Waals surface area contributed by atoms with E-state index in [0.717, 1.165) is 5.69 Å². The molecule has 1 N–H and O–H groups in total. The molecule has 20 heavy (non-hydrogen) atoms. The minimum absolute atomic E-state index is 0.0236. The van der Waals surface area contributed by atoms with Crippen molar-refractivity contribution in [2.75, 3.05) is 29.5 Å². The lowest BCUT2D eigenvalue weighted by atomic mass is 10.1. The van der Waals surface area contributed by atoms with Gasteiger partial charge in [-0.1, -0.05) is 0 Å². The van der Waals surface area contributed by atoms with Gasteiger partial charge in [0.1, 0.15) is 6.26 Å². The molecule has 7 heteroatoms. The molecule has 1 fully saturated rings. The number of oxazole rings is 1. The molecule has 1 saturated heterocycles. The number of nitrogens with one attached hydrogen (secondary N) is 1. The number of hydrogen-bond acceptors (Lipinski definition) is 6. The molecule has 0 radical (unpaired) electrons. The number of rotatable bonds is 3. The highest BCUT2D eigenvalue weighted by Crippen LogP contribution is 2.17. The average molecular weight is 301 g/mol. The van der Waals surface area contributed by atoms with Crippen molar-refractivity contribution in [1.29, 1.82) is 0 Å². The summed E-state index contributed by atoms with van der Waals surface area (Å²) in [4.78, 5) is 6.34. The van der Waals surface area contributed by atoms with Gasteiger partial charge in [0, 0.05) is 25.2 Å². The molecular weight excluding hydrogens is 278 g/mol. The second-order valence-electron chi connectivity index (χ2n) is 6.22. The first-order valence-electron chi connectivity index (χ1n) is 6.90. The molecule has 1 aromatic heterocycles. The van der Waals surface area contributed by atoms with Crippen LogP contribution in [0.5, 0.6) is 0 Å². The van der Waals surface area contributed by atoms with Crippen LogP contribution < -0.4 is 10.2 Å². The predicted octanol–water partition coefficient (Wildman–Crippen LogP) is 1.19. The van der Waals surface area contributed by atoms with E-state index in [0.29, 0.717) is 32.1 Å². The maximum atomic E-state index is 11.6. The van der Waals surface area contributed by atoms with E-state index in [4.69, 9.17) is 4.42 Å². The van der Waals surface area contributed by atoms with Gasteiger partial charge in [-0.2, -0.15) is 4.98 Å². The Morgan fingerprint density at radius 3 is 2.80 bits per heavy atom. The summed E-state index contributed by atoms with van der Waals surface area (Å²) in [5.74, 6) is 0.424. The molecule has 0 aromatic carbocycles. The summed E-state index contributed by atoms with van der Waals surface area (Å²) in [6.45, 7) is 8.04. The van der Waals surface area contributed by atoms with Crippen molar-refractivity contribution in [2.45, 2.75) is 39.3 Å². The Bertz CT molecular complexity index is 545. The summed E-state index contributed by atoms with van der Waals surface area (Å²) in [6, 6.07) is 0.521. The lowest BCUT2D eigenvalue weighted by molar-refractivity contribution is 0.421. The molecular formula is C13H23N3O3S. The highest BCUT2D eigenvalue weighted by atomic mass is 32.2. The zero-order chi connectivity index (χ0) is 14.8. The Labute approximate surface area is 120 Å². The second-order valence-corrected chi connectivity index (χ2v) is 8.52. The number of nitrogens with zero attached hydrogens (tertiary/aromatic N) is 2. The maximum absolute atomic E-state index is 11.6. The fourth-order valence-corrected chi connectivity index (χ4v) is 3.28. The molecule has 0 amide bonds. The molecule has 1 aliphatic heterocycles. The minimum atomic E-state index is -2.91. The van der Waals surface area contributed by atoms with Crippen LogP contribution in [0.15, 0.2) is 10.7 Å². The van der Waals surface area contributed by atoms with Crippen LogP contribution in [0.4, 0.5) is 6.01 Å². The van der Waals surface area contributed by atoms with Gasteiger partial charge in [0.25, 0.3) is 6.01 Å². The molecule has 2 rings (SSSR count). The van der Waals surface area contributed by atoms with Crippen molar-refractivity contribution in [3.05, 3.63) is 12.0 Å². The quantitative estimate of drug-likeness (QED) is 0.904. The summed E-state index contributed by atoms with van der Waals surface area (Å²) in [6.07, 6.45) is 2.26. The highest BCUT2D eigenvalue weighted by Gasteiger charge is 2.22. The zero-order valence-electron chi connectivity index (χ0n) is 12.3. The summed E-state index contributed by atoms with van der Waals surface area (Å²) in [5, 5.41) is 3.34. The van der Waals surface area contributed by atoms with Gasteiger partial charge < -0.3 is 14.6 Å². The normalized spacial score (nSPS) is 19.9. The topological polar surface area (TPSA) is 75.4 Å². The lowest BCUT2D eigenvalue weighted by Gasteiger charge is -2.19. The van der Waals surface area contributed by atoms with E-state index in [2.05, 4.69) is 31.1 Å². The van der Waals surface area contributed by atoms with Gasteiger partial charge in [-0.05, 0) is 27.2 Å². The van der Waals surface area contributed by atoms with Gasteiger partial charge in [-0.25, -0.2) is 8.42 Å². The summed E-state index contributed by atoms with van der Waals surface area (Å²) in [5.41, 5.74) is 0.859. The Hall–Kier alpha value is -1.08. The van der Waals surface area contributed by atoms with Crippen molar-refractivity contribution in [3.8, 4) is 0 Å². The molecule has 0 spiro atoms. The summed E-state index contributed by atoms with van der Waals surface area (Å²) in [7, 11) is -2.91. The van der Waals surface area contributed by atoms with Crippen LogP contribution in [0.1, 0.15) is 32.9 Å². The summed E-state index contributed by atoms with van der Waals surface area (Å²) >= 11 is 0. The first kappa shape index (κ1) is 15.3. The fraction of sp³-hybridized carbons (Fsp3) is 0.769. The largest absolute Gasteiger partial charge is 0.432 e. The van der Waals surface area contributed by atoms with Gasteiger partial charge in [0.15, 0.2) is 9.84 Å². The number of sulfone groups is 1. The van der Waals surface area contributed by atoms with Gasteiger partial charge >= 0.3 is 0 Å². The molecule has 0 aliphatic carbocycles. The van der Waals surface area contributed by atoms with E-state index in [-0.39, 0.29) is 17.0 Å². The molecule has 6 nitrogen and oxygen atoms in total. The SMILES string of the molecule is CC(C)(C)NCc1coc(N2CCCS(=O)(=O)CC2)n1. The van der Waals surface area contributed by atoms with Crippen LogP contribution in [-0.2, 0) is 16.4 Å². The van der Waals surface area contributed by atoms with Gasteiger partial charge in [0.2, 0.25) is 0 Å². The highest BCUT2D eigenvalue weighted by molar-refractivity contribution is 7.91. The third-order valence-electron chi connectivity index (χ3n) is 3.17. The Kier molecular flexibility index (Phi) is 4.39. The van der Waals surface area contributed by atoms with E-state index in [1.807, 2.05) is 4.90 Å². The van der Waals surface area contributed by atoms with Crippen LogP contribution in [0, 0.1) is 0 Å². The molecule has 0 saturated carbocycles. The second kappa shape index (κ2) is 5.73. The van der Waals surface area contributed by atoms with Crippen molar-refractivity contribution in [2.24, 2.45) is 0 Å². The molecule has 114 valence electrons. The molecule has 0 bridgehead atoms. The summed E-state index contributed by atoms with van der Waals surface area (Å²) < 4.78 is 28.6. The Morgan fingerprint density at radius 1 is 1.35 bits per heavy atom. The molecule has 0 atom stereocenters. The van der Waals surface area contributed by atoms with Gasteiger partial charge in [0.05, 0.1) is 17.2 Å². The molecule has 0 unspecified atom stereocenters.